The SMILES string of the molecule is COC1CCCCC1OC(=O)c1ccc(-c2ccco2)[nH]c1=O. The van der Waals surface area contributed by atoms with Crippen LogP contribution in [0.3, 0.4) is 0 Å². The van der Waals surface area contributed by atoms with E-state index >= 15 is 0 Å². The summed E-state index contributed by atoms with van der Waals surface area (Å²) < 4.78 is 16.1. The normalized spacial score (nSPS) is 21.1. The standard InChI is InChI=1S/C17H19NO5/c1-21-14-5-2-3-6-15(14)23-17(20)11-8-9-12(18-16(11)19)13-7-4-10-22-13/h4,7-10,14-15H,2-3,5-6H2,1H3,(H,18,19). The molecule has 2 heterocycles. The number of aromatic nitrogens is 1. The van der Waals surface area contributed by atoms with Gasteiger partial charge in [0.25, 0.3) is 5.56 Å². The molecular weight excluding hydrogens is 298 g/mol. The third kappa shape index (κ3) is 3.37. The molecule has 1 N–H and O–H groups in total. The van der Waals surface area contributed by atoms with Gasteiger partial charge >= 0.3 is 5.97 Å². The van der Waals surface area contributed by atoms with E-state index in [4.69, 9.17) is 13.9 Å². The topological polar surface area (TPSA) is 81.5 Å². The molecule has 1 aliphatic rings. The fourth-order valence-corrected chi connectivity index (χ4v) is 2.88. The Morgan fingerprint density at radius 1 is 1.22 bits per heavy atom. The number of carbonyl (C=O) groups excluding carboxylic acids is 1. The predicted octanol–water partition coefficient (Wildman–Crippen LogP) is 2.75. The van der Waals surface area contributed by atoms with Crippen molar-refractivity contribution in [3.05, 3.63) is 46.4 Å². The molecule has 0 amide bonds. The van der Waals surface area contributed by atoms with Crippen molar-refractivity contribution in [2.75, 3.05) is 7.11 Å². The summed E-state index contributed by atoms with van der Waals surface area (Å²) in [7, 11) is 1.61. The molecule has 3 rings (SSSR count). The van der Waals surface area contributed by atoms with E-state index in [1.165, 1.54) is 12.3 Å². The fraction of sp³-hybridized carbons (Fsp3) is 0.412. The number of hydrogen-bond acceptors (Lipinski definition) is 5. The molecule has 23 heavy (non-hydrogen) atoms. The molecule has 2 aromatic rings. The number of esters is 1. The Morgan fingerprint density at radius 3 is 2.65 bits per heavy atom. The highest BCUT2D eigenvalue weighted by molar-refractivity contribution is 5.89. The van der Waals surface area contributed by atoms with Gasteiger partial charge in [0.05, 0.1) is 18.1 Å². The maximum Gasteiger partial charge on any atom is 0.344 e. The third-order valence-electron chi connectivity index (χ3n) is 4.12. The van der Waals surface area contributed by atoms with E-state index in [-0.39, 0.29) is 17.8 Å². The van der Waals surface area contributed by atoms with Crippen LogP contribution in [-0.4, -0.2) is 30.3 Å². The van der Waals surface area contributed by atoms with Gasteiger partial charge in [0.2, 0.25) is 0 Å². The lowest BCUT2D eigenvalue weighted by atomic mass is 9.94. The van der Waals surface area contributed by atoms with Gasteiger partial charge in [0.1, 0.15) is 17.4 Å². The van der Waals surface area contributed by atoms with E-state index in [0.29, 0.717) is 11.5 Å². The summed E-state index contributed by atoms with van der Waals surface area (Å²) in [5, 5.41) is 0. The van der Waals surface area contributed by atoms with Crippen LogP contribution in [0.4, 0.5) is 0 Å². The molecule has 1 aliphatic carbocycles. The lowest BCUT2D eigenvalue weighted by molar-refractivity contribution is -0.0540. The number of rotatable bonds is 4. The highest BCUT2D eigenvalue weighted by atomic mass is 16.6. The first kappa shape index (κ1) is 15.6. The van der Waals surface area contributed by atoms with Gasteiger partial charge in [-0.2, -0.15) is 0 Å². The summed E-state index contributed by atoms with van der Waals surface area (Å²) in [6, 6.07) is 6.55. The Balaban J connectivity index is 1.76. The van der Waals surface area contributed by atoms with Crippen LogP contribution < -0.4 is 5.56 Å². The molecule has 0 saturated heterocycles. The number of ether oxygens (including phenoxy) is 2. The van der Waals surface area contributed by atoms with Gasteiger partial charge in [-0.25, -0.2) is 4.79 Å². The molecule has 0 aliphatic heterocycles. The van der Waals surface area contributed by atoms with E-state index in [9.17, 15) is 9.59 Å². The van der Waals surface area contributed by atoms with Crippen LogP contribution in [0.1, 0.15) is 36.0 Å². The van der Waals surface area contributed by atoms with E-state index in [0.717, 1.165) is 25.7 Å². The van der Waals surface area contributed by atoms with E-state index in [1.807, 2.05) is 0 Å². The Kier molecular flexibility index (Phi) is 4.62. The molecule has 2 unspecified atom stereocenters. The minimum Gasteiger partial charge on any atom is -0.463 e. The number of aromatic amines is 1. The van der Waals surface area contributed by atoms with Crippen LogP contribution >= 0.6 is 0 Å². The Labute approximate surface area is 133 Å². The van der Waals surface area contributed by atoms with Gasteiger partial charge in [-0.3, -0.25) is 4.79 Å². The first-order valence-electron chi connectivity index (χ1n) is 7.70. The summed E-state index contributed by atoms with van der Waals surface area (Å²) in [6.45, 7) is 0. The molecular formula is C17H19NO5. The van der Waals surface area contributed by atoms with Crippen LogP contribution in [0.5, 0.6) is 0 Å². The molecule has 0 spiro atoms. The van der Waals surface area contributed by atoms with E-state index < -0.39 is 11.5 Å². The average Bonchev–Trinajstić information content (AvgIpc) is 3.09. The van der Waals surface area contributed by atoms with E-state index in [2.05, 4.69) is 4.98 Å². The lowest BCUT2D eigenvalue weighted by Crippen LogP contribution is -2.36. The van der Waals surface area contributed by atoms with Crippen LogP contribution in [0.2, 0.25) is 0 Å². The zero-order chi connectivity index (χ0) is 16.2. The minimum atomic E-state index is -0.619. The second-order valence-corrected chi connectivity index (χ2v) is 5.59. The highest BCUT2D eigenvalue weighted by Crippen LogP contribution is 2.24. The molecule has 122 valence electrons. The average molecular weight is 317 g/mol. The van der Waals surface area contributed by atoms with Crippen molar-refractivity contribution in [2.24, 2.45) is 0 Å². The first-order chi connectivity index (χ1) is 11.2. The Bertz CT molecular complexity index is 719. The molecule has 6 heteroatoms. The van der Waals surface area contributed by atoms with Crippen molar-refractivity contribution in [3.8, 4) is 11.5 Å². The molecule has 1 saturated carbocycles. The number of methoxy groups -OCH3 is 1. The zero-order valence-corrected chi connectivity index (χ0v) is 12.9. The minimum absolute atomic E-state index is 0.0132. The summed E-state index contributed by atoms with van der Waals surface area (Å²) in [5.74, 6) is -0.0834. The molecule has 0 radical (unpaired) electrons. The first-order valence-corrected chi connectivity index (χ1v) is 7.70. The maximum absolute atomic E-state index is 12.3. The molecule has 1 fully saturated rings. The number of furan rings is 1. The zero-order valence-electron chi connectivity index (χ0n) is 12.9. The number of nitrogens with one attached hydrogen (secondary N) is 1. The summed E-state index contributed by atoms with van der Waals surface area (Å²) in [4.78, 5) is 27.1. The predicted molar refractivity (Wildman–Crippen MR) is 83.2 cm³/mol. The fourth-order valence-electron chi connectivity index (χ4n) is 2.88. The van der Waals surface area contributed by atoms with Crippen molar-refractivity contribution in [2.45, 2.75) is 37.9 Å². The van der Waals surface area contributed by atoms with Crippen molar-refractivity contribution in [1.29, 1.82) is 0 Å². The van der Waals surface area contributed by atoms with E-state index in [1.54, 1.807) is 25.3 Å². The molecule has 0 aromatic carbocycles. The van der Waals surface area contributed by atoms with Gasteiger partial charge in [-0.1, -0.05) is 6.42 Å². The second kappa shape index (κ2) is 6.83. The van der Waals surface area contributed by atoms with Gasteiger partial charge in [-0.15, -0.1) is 0 Å². The number of carbonyl (C=O) groups is 1. The lowest BCUT2D eigenvalue weighted by Gasteiger charge is -2.29. The maximum atomic E-state index is 12.3. The Hall–Kier alpha value is -2.34. The summed E-state index contributed by atoms with van der Waals surface area (Å²) >= 11 is 0. The van der Waals surface area contributed by atoms with Gasteiger partial charge < -0.3 is 18.9 Å². The number of H-pyrrole nitrogens is 1. The molecule has 2 atom stereocenters. The van der Waals surface area contributed by atoms with Crippen LogP contribution in [0.25, 0.3) is 11.5 Å². The highest BCUT2D eigenvalue weighted by Gasteiger charge is 2.29. The van der Waals surface area contributed by atoms with Gasteiger partial charge in [-0.05, 0) is 43.5 Å². The van der Waals surface area contributed by atoms with Crippen LogP contribution in [-0.2, 0) is 9.47 Å². The van der Waals surface area contributed by atoms with Crippen molar-refractivity contribution >= 4 is 5.97 Å². The summed E-state index contributed by atoms with van der Waals surface area (Å²) in [6.07, 6.45) is 4.79. The smallest absolute Gasteiger partial charge is 0.344 e. The molecule has 2 aromatic heterocycles. The third-order valence-corrected chi connectivity index (χ3v) is 4.12. The van der Waals surface area contributed by atoms with Crippen molar-refractivity contribution in [3.63, 3.8) is 0 Å². The quantitative estimate of drug-likeness (QED) is 0.877. The largest absolute Gasteiger partial charge is 0.463 e. The van der Waals surface area contributed by atoms with Crippen molar-refractivity contribution in [1.82, 2.24) is 4.98 Å². The van der Waals surface area contributed by atoms with Gasteiger partial charge in [0, 0.05) is 7.11 Å². The van der Waals surface area contributed by atoms with Crippen molar-refractivity contribution < 1.29 is 18.7 Å². The molecule has 0 bridgehead atoms. The summed E-state index contributed by atoms with van der Waals surface area (Å²) in [5.41, 5.74) is 0.0124. The number of pyridine rings is 1. The molecule has 6 nitrogen and oxygen atoms in total. The number of hydrogen-bond donors (Lipinski definition) is 1. The van der Waals surface area contributed by atoms with Gasteiger partial charge in [0.15, 0.2) is 0 Å². The second-order valence-electron chi connectivity index (χ2n) is 5.59. The Morgan fingerprint density at radius 2 is 2.00 bits per heavy atom. The van der Waals surface area contributed by atoms with Crippen LogP contribution in [0, 0.1) is 0 Å². The van der Waals surface area contributed by atoms with Crippen LogP contribution in [0.15, 0.2) is 39.7 Å². The monoisotopic (exact) mass is 317 g/mol.